The van der Waals surface area contributed by atoms with Gasteiger partial charge in [0.15, 0.2) is 5.78 Å². The third-order valence-electron chi connectivity index (χ3n) is 9.36. The molecule has 1 aromatic heterocycles. The number of Topliss-reactive ketones (excluding diaryl/α,β-unsaturated/α-hetero) is 1. The Morgan fingerprint density at radius 2 is 1.72 bits per heavy atom. The van der Waals surface area contributed by atoms with Crippen LogP contribution in [0.1, 0.15) is 85.4 Å². The van der Waals surface area contributed by atoms with E-state index in [1.807, 2.05) is 52.9 Å². The van der Waals surface area contributed by atoms with E-state index in [0.717, 1.165) is 59.4 Å². The standard InChI is InChI=1S/C38H49FN2O5/c1-22(2)13-32(41-21-28(25(5)15-35(41)43)11-12-40-19-23(3)20-40)33(42)17-29(18-36(44)45)31-16-30(14-26(6)38(31)39)37-24(4)9-10-34(46-8)27(37)7/h9-10,14-16,21-23,29,32H,11-13,17-20H2,1-8H3,(H,44,45)/t29-,32?/m0/s1. The zero-order chi connectivity index (χ0) is 33.9. The van der Waals surface area contributed by atoms with E-state index >= 15 is 4.39 Å². The van der Waals surface area contributed by atoms with Crippen molar-refractivity contribution in [1.29, 1.82) is 0 Å². The van der Waals surface area contributed by atoms with E-state index in [1.54, 1.807) is 32.2 Å². The summed E-state index contributed by atoms with van der Waals surface area (Å²) in [6.45, 7) is 16.7. The smallest absolute Gasteiger partial charge is 0.303 e. The molecule has 0 radical (unpaired) electrons. The lowest BCUT2D eigenvalue weighted by Crippen LogP contribution is -2.45. The van der Waals surface area contributed by atoms with Crippen LogP contribution in [0.5, 0.6) is 5.75 Å². The predicted octanol–water partition coefficient (Wildman–Crippen LogP) is 7.20. The van der Waals surface area contributed by atoms with Gasteiger partial charge in [-0.15, -0.1) is 0 Å². The van der Waals surface area contributed by atoms with Gasteiger partial charge in [0.25, 0.3) is 5.56 Å². The van der Waals surface area contributed by atoms with Crippen LogP contribution in [0.25, 0.3) is 11.1 Å². The number of aliphatic carboxylic acids is 1. The van der Waals surface area contributed by atoms with Crippen LogP contribution in [0.4, 0.5) is 4.39 Å². The van der Waals surface area contributed by atoms with Crippen LogP contribution in [-0.2, 0) is 16.0 Å². The van der Waals surface area contributed by atoms with Crippen molar-refractivity contribution < 1.29 is 23.8 Å². The van der Waals surface area contributed by atoms with E-state index < -0.39 is 30.2 Å². The second-order valence-electron chi connectivity index (χ2n) is 13.7. The molecule has 248 valence electrons. The summed E-state index contributed by atoms with van der Waals surface area (Å²) < 4.78 is 23.0. The molecule has 1 unspecified atom stereocenters. The molecule has 0 spiro atoms. The summed E-state index contributed by atoms with van der Waals surface area (Å²) in [5.41, 5.74) is 5.68. The summed E-state index contributed by atoms with van der Waals surface area (Å²) in [6, 6.07) is 8.06. The van der Waals surface area contributed by atoms with Gasteiger partial charge < -0.3 is 19.3 Å². The molecule has 0 amide bonds. The molecule has 1 aliphatic rings. The second kappa shape index (κ2) is 14.8. The van der Waals surface area contributed by atoms with Crippen molar-refractivity contribution in [3.8, 4) is 16.9 Å². The Labute approximate surface area is 272 Å². The van der Waals surface area contributed by atoms with Gasteiger partial charge in [0.1, 0.15) is 11.6 Å². The molecule has 3 aromatic rings. The number of pyridine rings is 1. The lowest BCUT2D eigenvalue weighted by Gasteiger charge is -2.37. The van der Waals surface area contributed by atoms with Crippen molar-refractivity contribution in [3.05, 3.63) is 86.1 Å². The summed E-state index contributed by atoms with van der Waals surface area (Å²) >= 11 is 0. The molecule has 0 aliphatic carbocycles. The SMILES string of the molecule is COc1ccc(C)c(-c2cc(C)c(F)c([C@H](CC(=O)O)CC(=O)C(CC(C)C)n3cc(CCN4CC(C)C4)c(C)cc3=O)c2)c1C. The topological polar surface area (TPSA) is 88.8 Å². The van der Waals surface area contributed by atoms with E-state index in [0.29, 0.717) is 23.7 Å². The quantitative estimate of drug-likeness (QED) is 0.202. The number of nitrogens with zero attached hydrogens (tertiary/aromatic N) is 2. The van der Waals surface area contributed by atoms with Gasteiger partial charge in [-0.25, -0.2) is 4.39 Å². The zero-order valence-corrected chi connectivity index (χ0v) is 28.6. The number of ether oxygens (including phenoxy) is 1. The van der Waals surface area contributed by atoms with Crippen LogP contribution in [0.15, 0.2) is 41.3 Å². The number of likely N-dealkylation sites (tertiary alicyclic amines) is 1. The Kier molecular flexibility index (Phi) is 11.3. The van der Waals surface area contributed by atoms with Crippen molar-refractivity contribution in [3.63, 3.8) is 0 Å². The van der Waals surface area contributed by atoms with Gasteiger partial charge >= 0.3 is 5.97 Å². The van der Waals surface area contributed by atoms with Gasteiger partial charge in [0.2, 0.25) is 0 Å². The highest BCUT2D eigenvalue weighted by atomic mass is 19.1. The third kappa shape index (κ3) is 7.95. The number of hydrogen-bond acceptors (Lipinski definition) is 5. The number of rotatable bonds is 14. The molecule has 2 aromatic carbocycles. The lowest BCUT2D eigenvalue weighted by molar-refractivity contribution is -0.137. The molecular weight excluding hydrogens is 583 g/mol. The van der Waals surface area contributed by atoms with E-state index in [-0.39, 0.29) is 29.2 Å². The maximum atomic E-state index is 15.9. The Morgan fingerprint density at radius 1 is 1.02 bits per heavy atom. The molecule has 8 heteroatoms. The molecule has 2 atom stereocenters. The number of aromatic nitrogens is 1. The normalized spacial score (nSPS) is 15.1. The van der Waals surface area contributed by atoms with Crippen molar-refractivity contribution in [2.45, 2.75) is 86.1 Å². The summed E-state index contributed by atoms with van der Waals surface area (Å²) in [5, 5.41) is 9.91. The Balaban J connectivity index is 1.73. The summed E-state index contributed by atoms with van der Waals surface area (Å²) in [7, 11) is 1.60. The van der Waals surface area contributed by atoms with E-state index in [2.05, 4.69) is 11.8 Å². The van der Waals surface area contributed by atoms with Crippen LogP contribution in [0.2, 0.25) is 0 Å². The Hall–Kier alpha value is -3.78. The molecule has 0 saturated carbocycles. The Morgan fingerprint density at radius 3 is 2.33 bits per heavy atom. The van der Waals surface area contributed by atoms with Gasteiger partial charge in [-0.1, -0.05) is 26.8 Å². The van der Waals surface area contributed by atoms with Gasteiger partial charge in [0, 0.05) is 44.2 Å². The van der Waals surface area contributed by atoms with Crippen molar-refractivity contribution in [2.24, 2.45) is 11.8 Å². The van der Waals surface area contributed by atoms with Crippen LogP contribution < -0.4 is 10.3 Å². The van der Waals surface area contributed by atoms with E-state index in [9.17, 15) is 19.5 Å². The third-order valence-corrected chi connectivity index (χ3v) is 9.36. The van der Waals surface area contributed by atoms with Crippen LogP contribution in [0, 0.1) is 45.3 Å². The minimum Gasteiger partial charge on any atom is -0.496 e. The molecule has 0 bridgehead atoms. The monoisotopic (exact) mass is 632 g/mol. The molecule has 1 fully saturated rings. The maximum absolute atomic E-state index is 15.9. The van der Waals surface area contributed by atoms with Crippen molar-refractivity contribution in [1.82, 2.24) is 9.47 Å². The number of carboxylic acids is 1. The maximum Gasteiger partial charge on any atom is 0.303 e. The highest BCUT2D eigenvalue weighted by Crippen LogP contribution is 2.38. The Bertz CT molecular complexity index is 1650. The van der Waals surface area contributed by atoms with Crippen molar-refractivity contribution in [2.75, 3.05) is 26.7 Å². The molecule has 46 heavy (non-hydrogen) atoms. The first kappa shape index (κ1) is 35.1. The summed E-state index contributed by atoms with van der Waals surface area (Å²) in [5.74, 6) is -1.35. The van der Waals surface area contributed by atoms with Gasteiger partial charge in [-0.05, 0) is 115 Å². The highest BCUT2D eigenvalue weighted by Gasteiger charge is 2.30. The minimum absolute atomic E-state index is 0.0902. The predicted molar refractivity (Wildman–Crippen MR) is 180 cm³/mol. The van der Waals surface area contributed by atoms with Crippen LogP contribution >= 0.6 is 0 Å². The fourth-order valence-electron chi connectivity index (χ4n) is 6.94. The first-order valence-corrected chi connectivity index (χ1v) is 16.3. The molecular formula is C38H49FN2O5. The second-order valence-corrected chi connectivity index (χ2v) is 13.7. The summed E-state index contributed by atoms with van der Waals surface area (Å²) in [4.78, 5) is 42.1. The van der Waals surface area contributed by atoms with Crippen LogP contribution in [0.3, 0.4) is 0 Å². The highest BCUT2D eigenvalue weighted by molar-refractivity contribution is 5.84. The number of aryl methyl sites for hydroxylation is 3. The van der Waals surface area contributed by atoms with Crippen LogP contribution in [-0.4, -0.2) is 53.1 Å². The van der Waals surface area contributed by atoms with Gasteiger partial charge in [-0.3, -0.25) is 14.4 Å². The number of carbonyl (C=O) groups is 2. The number of carboxylic acid groups (broad SMARTS) is 1. The minimum atomic E-state index is -1.12. The molecule has 7 nitrogen and oxygen atoms in total. The number of halogens is 1. The fourth-order valence-corrected chi connectivity index (χ4v) is 6.94. The largest absolute Gasteiger partial charge is 0.496 e. The van der Waals surface area contributed by atoms with Gasteiger partial charge in [0.05, 0.1) is 19.6 Å². The average molecular weight is 633 g/mol. The lowest BCUT2D eigenvalue weighted by atomic mass is 9.83. The first-order valence-electron chi connectivity index (χ1n) is 16.3. The molecule has 4 rings (SSSR count). The first-order chi connectivity index (χ1) is 21.7. The van der Waals surface area contributed by atoms with Crippen molar-refractivity contribution >= 4 is 11.8 Å². The molecule has 2 heterocycles. The molecule has 1 N–H and O–H groups in total. The average Bonchev–Trinajstić information content (AvgIpc) is 2.95. The molecule has 1 saturated heterocycles. The number of ketones is 1. The van der Waals surface area contributed by atoms with E-state index in [4.69, 9.17) is 4.74 Å². The number of hydrogen-bond donors (Lipinski definition) is 1. The number of carbonyl (C=O) groups excluding carboxylic acids is 1. The fraction of sp³-hybridized carbons (Fsp3) is 0.500. The summed E-state index contributed by atoms with van der Waals surface area (Å²) in [6.07, 6.45) is 2.37. The number of benzene rings is 2. The van der Waals surface area contributed by atoms with Gasteiger partial charge in [-0.2, -0.15) is 0 Å². The zero-order valence-electron chi connectivity index (χ0n) is 28.6. The number of methoxy groups -OCH3 is 1. The molecule has 1 aliphatic heterocycles. The van der Waals surface area contributed by atoms with E-state index in [1.165, 1.54) is 4.57 Å².